The molecule has 0 bridgehead atoms. The number of halogens is 3. The zero-order valence-electron chi connectivity index (χ0n) is 28.9. The lowest BCUT2D eigenvalue weighted by Gasteiger charge is -2.35. The molecule has 14 heteroatoms. The summed E-state index contributed by atoms with van der Waals surface area (Å²) in [4.78, 5) is 18.1. The van der Waals surface area contributed by atoms with Gasteiger partial charge in [-0.1, -0.05) is 35.3 Å². The molecule has 4 aromatic rings. The monoisotopic (exact) mass is 764 g/mol. The van der Waals surface area contributed by atoms with Crippen LogP contribution in [-0.2, 0) is 24.4 Å². The maximum absolute atomic E-state index is 15.3. The van der Waals surface area contributed by atoms with Gasteiger partial charge in [-0.15, -0.1) is 0 Å². The van der Waals surface area contributed by atoms with Gasteiger partial charge in [0, 0.05) is 61.3 Å². The number of nitrogens with zero attached hydrogens (tertiary/aromatic N) is 3. The number of carbonyl (C=O) groups is 1. The number of aromatic nitrogens is 1. The minimum absolute atomic E-state index is 0.0257. The Morgan fingerprint density at radius 3 is 2.66 bits per heavy atom. The summed E-state index contributed by atoms with van der Waals surface area (Å²) in [5.41, 5.74) is 2.68. The van der Waals surface area contributed by atoms with Crippen LogP contribution in [0.5, 0.6) is 17.2 Å². The number of likely N-dealkylation sites (tertiary alicyclic amines) is 1. The Labute approximate surface area is 316 Å². The molecule has 3 aromatic carbocycles. The fourth-order valence-corrected chi connectivity index (χ4v) is 6.93. The second-order valence-corrected chi connectivity index (χ2v) is 14.2. The molecule has 2 heterocycles. The Bertz CT molecular complexity index is 2020. The first-order valence-electron chi connectivity index (χ1n) is 17.2. The normalized spacial score (nSPS) is 16.7. The summed E-state index contributed by atoms with van der Waals surface area (Å²) in [6, 6.07) is 15.2. The maximum Gasteiger partial charge on any atom is 0.326 e. The van der Waals surface area contributed by atoms with Gasteiger partial charge < -0.3 is 29.5 Å². The number of aliphatic carboxylic acids is 1. The smallest absolute Gasteiger partial charge is 0.326 e. The predicted molar refractivity (Wildman–Crippen MR) is 196 cm³/mol. The number of hydrogen-bond acceptors (Lipinski definition) is 10. The van der Waals surface area contributed by atoms with Crippen LogP contribution < -0.4 is 19.5 Å². The van der Waals surface area contributed by atoms with Crippen molar-refractivity contribution < 1.29 is 38.7 Å². The number of carboxylic acid groups (broad SMARTS) is 1. The second kappa shape index (κ2) is 16.7. The zero-order valence-corrected chi connectivity index (χ0v) is 30.5. The number of pyridine rings is 1. The van der Waals surface area contributed by atoms with Gasteiger partial charge in [0.25, 0.3) is 0 Å². The van der Waals surface area contributed by atoms with E-state index >= 15 is 4.39 Å². The summed E-state index contributed by atoms with van der Waals surface area (Å²) in [6.07, 6.45) is 4.07. The van der Waals surface area contributed by atoms with E-state index in [0.717, 1.165) is 18.5 Å². The Kier molecular flexibility index (Phi) is 12.0. The molecule has 53 heavy (non-hydrogen) atoms. The van der Waals surface area contributed by atoms with Crippen molar-refractivity contribution >= 4 is 29.2 Å². The minimum atomic E-state index is -1.63. The van der Waals surface area contributed by atoms with Crippen LogP contribution in [0.25, 0.3) is 11.1 Å². The number of aliphatic hydroxyl groups is 2. The van der Waals surface area contributed by atoms with Gasteiger partial charge in [0.1, 0.15) is 47.4 Å². The molecule has 1 fully saturated rings. The fraction of sp³-hybridized carbons (Fsp3) is 0.359. The number of nitriles is 1. The van der Waals surface area contributed by atoms with Gasteiger partial charge in [-0.25, -0.2) is 4.39 Å². The van der Waals surface area contributed by atoms with Crippen LogP contribution in [0.15, 0.2) is 60.9 Å². The van der Waals surface area contributed by atoms with Crippen molar-refractivity contribution in [3.8, 4) is 34.4 Å². The van der Waals surface area contributed by atoms with Crippen molar-refractivity contribution in [3.05, 3.63) is 105 Å². The van der Waals surface area contributed by atoms with E-state index in [1.165, 1.54) is 25.3 Å². The van der Waals surface area contributed by atoms with Gasteiger partial charge >= 0.3 is 5.97 Å². The van der Waals surface area contributed by atoms with Crippen molar-refractivity contribution in [2.45, 2.75) is 57.1 Å². The third kappa shape index (κ3) is 8.84. The summed E-state index contributed by atoms with van der Waals surface area (Å²) in [7, 11) is 0. The molecular formula is C39H39Cl2FN4O7. The molecule has 0 radical (unpaired) electrons. The molecule has 1 unspecified atom stereocenters. The van der Waals surface area contributed by atoms with Crippen molar-refractivity contribution in [2.24, 2.45) is 0 Å². The van der Waals surface area contributed by atoms with Crippen molar-refractivity contribution in [1.82, 2.24) is 15.2 Å². The van der Waals surface area contributed by atoms with Crippen molar-refractivity contribution in [3.63, 3.8) is 0 Å². The van der Waals surface area contributed by atoms with Crippen LogP contribution in [-0.4, -0.2) is 75.7 Å². The first-order valence-corrected chi connectivity index (χ1v) is 17.9. The molecule has 6 rings (SSSR count). The molecule has 2 atom stereocenters. The van der Waals surface area contributed by atoms with Crippen LogP contribution in [0.4, 0.5) is 4.39 Å². The number of nitrogens with one attached hydrogen (secondary N) is 1. The number of ether oxygens (including phenoxy) is 3. The molecule has 1 saturated heterocycles. The van der Waals surface area contributed by atoms with Crippen LogP contribution in [0.3, 0.4) is 0 Å². The standard InChI is InChI=1S/C39H39Cl2FN4O7/c1-39(22-47,38(49)50)45-18-25-11-32(40)36(14-35(25)52-21-24-10-23(15-43)16-44-17-24)53-33-7-6-28-30(12-26(42)13-31(28)33)29-4-2-5-34(37(29)41)51-9-3-8-46-19-27(48)20-46/h2,4-5,10-14,16-17,27,33,45,47-48H,3,6-9,18-22H2,1H3,(H,49,50)/t33?,39-/m0/s1. The SMILES string of the molecule is C[C@@](CO)(NCc1cc(Cl)c(OC2CCc3c(-c4cccc(OCCCN5CC(O)C5)c4Cl)cc(F)cc32)cc1OCc1cncc(C#N)c1)C(=O)O. The molecule has 1 aromatic heterocycles. The zero-order chi connectivity index (χ0) is 37.7. The fourth-order valence-electron chi connectivity index (χ4n) is 6.41. The van der Waals surface area contributed by atoms with E-state index in [4.69, 9.17) is 37.4 Å². The number of β-amino-alcohol motifs (C(OH)–C–C–N with tert-alkyl or cyclic N) is 1. The first kappa shape index (κ1) is 38.3. The number of hydrogen-bond donors (Lipinski definition) is 4. The third-order valence-corrected chi connectivity index (χ3v) is 10.2. The molecular weight excluding hydrogens is 726 g/mol. The Morgan fingerprint density at radius 1 is 1.11 bits per heavy atom. The summed E-state index contributed by atoms with van der Waals surface area (Å²) in [5, 5.41) is 41.7. The van der Waals surface area contributed by atoms with Crippen LogP contribution >= 0.6 is 23.2 Å². The largest absolute Gasteiger partial charge is 0.492 e. The lowest BCUT2D eigenvalue weighted by atomic mass is 9.96. The van der Waals surface area contributed by atoms with E-state index in [-0.39, 0.29) is 30.0 Å². The molecule has 4 N–H and O–H groups in total. The highest BCUT2D eigenvalue weighted by molar-refractivity contribution is 6.35. The Morgan fingerprint density at radius 2 is 1.92 bits per heavy atom. The highest BCUT2D eigenvalue weighted by atomic mass is 35.5. The van der Waals surface area contributed by atoms with Crippen LogP contribution in [0.2, 0.25) is 10.0 Å². The second-order valence-electron chi connectivity index (χ2n) is 13.4. The molecule has 0 amide bonds. The van der Waals surface area contributed by atoms with E-state index in [2.05, 4.69) is 15.2 Å². The lowest BCUT2D eigenvalue weighted by molar-refractivity contribution is -0.145. The molecule has 1 aliphatic carbocycles. The molecule has 1 aliphatic heterocycles. The highest BCUT2D eigenvalue weighted by Crippen LogP contribution is 2.45. The number of benzene rings is 3. The average molecular weight is 766 g/mol. The van der Waals surface area contributed by atoms with E-state index in [0.29, 0.717) is 82.4 Å². The van der Waals surface area contributed by atoms with E-state index in [9.17, 15) is 25.4 Å². The predicted octanol–water partition coefficient (Wildman–Crippen LogP) is 6.08. The number of aliphatic hydroxyl groups excluding tert-OH is 2. The number of carboxylic acids is 1. The lowest BCUT2D eigenvalue weighted by Crippen LogP contribution is -2.52. The quantitative estimate of drug-likeness (QED) is 0.0981. The highest BCUT2D eigenvalue weighted by Gasteiger charge is 2.33. The number of fused-ring (bicyclic) bond motifs is 1. The molecule has 0 spiro atoms. The first-order chi connectivity index (χ1) is 25.5. The molecule has 278 valence electrons. The maximum atomic E-state index is 15.3. The topological polar surface area (TPSA) is 157 Å². The molecule has 2 aliphatic rings. The molecule has 11 nitrogen and oxygen atoms in total. The summed E-state index contributed by atoms with van der Waals surface area (Å²) in [5.74, 6) is -0.608. The van der Waals surface area contributed by atoms with E-state index in [1.807, 2.05) is 18.2 Å². The van der Waals surface area contributed by atoms with Gasteiger partial charge in [-0.05, 0) is 73.2 Å². The Balaban J connectivity index is 1.24. The van der Waals surface area contributed by atoms with Gasteiger partial charge in [-0.3, -0.25) is 20.0 Å². The third-order valence-electron chi connectivity index (χ3n) is 9.48. The van der Waals surface area contributed by atoms with Gasteiger partial charge in [0.05, 0.1) is 34.9 Å². The van der Waals surface area contributed by atoms with Gasteiger partial charge in [0.15, 0.2) is 0 Å². The van der Waals surface area contributed by atoms with Gasteiger partial charge in [-0.2, -0.15) is 5.26 Å². The summed E-state index contributed by atoms with van der Waals surface area (Å²) < 4.78 is 34.0. The average Bonchev–Trinajstić information content (AvgIpc) is 3.53. The Hall–Kier alpha value is -4.48. The van der Waals surface area contributed by atoms with Crippen molar-refractivity contribution in [2.75, 3.05) is 32.8 Å². The van der Waals surface area contributed by atoms with Crippen molar-refractivity contribution in [1.29, 1.82) is 5.26 Å². The van der Waals surface area contributed by atoms with Gasteiger partial charge in [0.2, 0.25) is 0 Å². The van der Waals surface area contributed by atoms with E-state index < -0.39 is 30.0 Å². The summed E-state index contributed by atoms with van der Waals surface area (Å²) in [6.45, 7) is 3.30. The summed E-state index contributed by atoms with van der Waals surface area (Å²) >= 11 is 13.6. The van der Waals surface area contributed by atoms with Crippen LogP contribution in [0.1, 0.15) is 53.7 Å². The van der Waals surface area contributed by atoms with Crippen LogP contribution in [0, 0.1) is 17.1 Å². The minimum Gasteiger partial charge on any atom is -0.492 e. The molecule has 0 saturated carbocycles. The number of rotatable bonds is 16. The van der Waals surface area contributed by atoms with E-state index in [1.54, 1.807) is 30.5 Å².